The van der Waals surface area contributed by atoms with E-state index < -0.39 is 0 Å². The molecule has 18 heavy (non-hydrogen) atoms. The van der Waals surface area contributed by atoms with Crippen LogP contribution in [-0.4, -0.2) is 33.1 Å². The lowest BCUT2D eigenvalue weighted by Gasteiger charge is -2.22. The molecule has 1 aromatic rings. The molecule has 2 rings (SSSR count). The average molecular weight is 267 g/mol. The topological polar surface area (TPSA) is 30.5 Å². The van der Waals surface area contributed by atoms with Gasteiger partial charge in [0.1, 0.15) is 11.5 Å². The second kappa shape index (κ2) is 6.90. The molecule has 0 radical (unpaired) electrons. The fourth-order valence-corrected chi connectivity index (χ4v) is 3.32. The van der Waals surface area contributed by atoms with Crippen molar-refractivity contribution in [2.75, 3.05) is 33.1 Å². The molecule has 3 nitrogen and oxygen atoms in total. The minimum absolute atomic E-state index is 0.774. The molecule has 0 aliphatic carbocycles. The van der Waals surface area contributed by atoms with E-state index in [9.17, 15) is 0 Å². The number of hydrogen-bond acceptors (Lipinski definition) is 4. The molecule has 1 aliphatic rings. The number of piperidine rings is 1. The van der Waals surface area contributed by atoms with E-state index in [2.05, 4.69) is 11.4 Å². The molecule has 1 saturated heterocycles. The molecule has 1 atom stereocenters. The number of benzene rings is 1. The maximum atomic E-state index is 5.41. The van der Waals surface area contributed by atoms with Crippen molar-refractivity contribution in [3.8, 4) is 11.5 Å². The van der Waals surface area contributed by atoms with Gasteiger partial charge in [0, 0.05) is 16.7 Å². The van der Waals surface area contributed by atoms with Crippen molar-refractivity contribution in [2.24, 2.45) is 5.92 Å². The van der Waals surface area contributed by atoms with Crippen molar-refractivity contribution in [2.45, 2.75) is 17.7 Å². The standard InChI is InChI=1S/C14H21NO2S/c1-16-12-5-6-14(13(8-12)17-2)18-10-11-4-3-7-15-9-11/h5-6,8,11,15H,3-4,7,9-10H2,1-2H3. The fraction of sp³-hybridized carbons (Fsp3) is 0.571. The third-order valence-electron chi connectivity index (χ3n) is 3.24. The zero-order valence-corrected chi connectivity index (χ0v) is 11.9. The molecule has 0 spiro atoms. The third kappa shape index (κ3) is 3.56. The number of nitrogens with one attached hydrogen (secondary N) is 1. The summed E-state index contributed by atoms with van der Waals surface area (Å²) in [5.74, 6) is 3.67. The van der Waals surface area contributed by atoms with E-state index in [1.807, 2.05) is 23.9 Å². The van der Waals surface area contributed by atoms with Crippen LogP contribution in [0.25, 0.3) is 0 Å². The predicted molar refractivity (Wildman–Crippen MR) is 75.9 cm³/mol. The van der Waals surface area contributed by atoms with Crippen LogP contribution in [0.2, 0.25) is 0 Å². The molecule has 1 N–H and O–H groups in total. The van der Waals surface area contributed by atoms with Crippen molar-refractivity contribution in [1.82, 2.24) is 5.32 Å². The average Bonchev–Trinajstić information content (AvgIpc) is 2.46. The Hall–Kier alpha value is -0.870. The van der Waals surface area contributed by atoms with Gasteiger partial charge in [0.2, 0.25) is 0 Å². The Morgan fingerprint density at radius 1 is 1.33 bits per heavy atom. The van der Waals surface area contributed by atoms with Gasteiger partial charge in [-0.05, 0) is 44.0 Å². The van der Waals surface area contributed by atoms with E-state index in [-0.39, 0.29) is 0 Å². The quantitative estimate of drug-likeness (QED) is 0.831. The number of ether oxygens (including phenoxy) is 2. The zero-order valence-electron chi connectivity index (χ0n) is 11.1. The molecule has 1 aliphatic heterocycles. The van der Waals surface area contributed by atoms with Crippen LogP contribution in [-0.2, 0) is 0 Å². The van der Waals surface area contributed by atoms with Crippen LogP contribution in [0.3, 0.4) is 0 Å². The second-order valence-corrected chi connectivity index (χ2v) is 5.60. The predicted octanol–water partition coefficient (Wildman–Crippen LogP) is 2.80. The third-order valence-corrected chi connectivity index (χ3v) is 4.53. The van der Waals surface area contributed by atoms with E-state index in [1.54, 1.807) is 14.2 Å². The number of methoxy groups -OCH3 is 2. The molecule has 1 fully saturated rings. The largest absolute Gasteiger partial charge is 0.497 e. The Balaban J connectivity index is 1.95. The lowest BCUT2D eigenvalue weighted by atomic mass is 10.0. The minimum Gasteiger partial charge on any atom is -0.497 e. The summed E-state index contributed by atoms with van der Waals surface area (Å²) >= 11 is 1.88. The lowest BCUT2D eigenvalue weighted by molar-refractivity contribution is 0.387. The van der Waals surface area contributed by atoms with Gasteiger partial charge in [0.15, 0.2) is 0 Å². The van der Waals surface area contributed by atoms with Gasteiger partial charge in [-0.3, -0.25) is 0 Å². The van der Waals surface area contributed by atoms with Gasteiger partial charge in [-0.2, -0.15) is 0 Å². The van der Waals surface area contributed by atoms with E-state index in [0.29, 0.717) is 0 Å². The van der Waals surface area contributed by atoms with Gasteiger partial charge in [-0.1, -0.05) is 0 Å². The highest BCUT2D eigenvalue weighted by molar-refractivity contribution is 7.99. The summed E-state index contributed by atoms with van der Waals surface area (Å²) in [6.45, 7) is 2.32. The van der Waals surface area contributed by atoms with Crippen molar-refractivity contribution in [1.29, 1.82) is 0 Å². The Kier molecular flexibility index (Phi) is 5.20. The smallest absolute Gasteiger partial charge is 0.136 e. The summed E-state index contributed by atoms with van der Waals surface area (Å²) in [6, 6.07) is 6.02. The van der Waals surface area contributed by atoms with Crippen LogP contribution in [0.5, 0.6) is 11.5 Å². The molecule has 1 aromatic carbocycles. The van der Waals surface area contributed by atoms with Crippen LogP contribution in [0.15, 0.2) is 23.1 Å². The van der Waals surface area contributed by atoms with Crippen LogP contribution in [0, 0.1) is 5.92 Å². The SMILES string of the molecule is COc1ccc(SCC2CCCNC2)c(OC)c1. The molecule has 1 unspecified atom stereocenters. The zero-order chi connectivity index (χ0) is 12.8. The van der Waals surface area contributed by atoms with E-state index in [4.69, 9.17) is 9.47 Å². The summed E-state index contributed by atoms with van der Waals surface area (Å²) in [6.07, 6.45) is 2.63. The summed E-state index contributed by atoms with van der Waals surface area (Å²) < 4.78 is 10.6. The van der Waals surface area contributed by atoms with E-state index in [0.717, 1.165) is 29.7 Å². The Morgan fingerprint density at radius 2 is 2.22 bits per heavy atom. The summed E-state index contributed by atoms with van der Waals surface area (Å²) in [5, 5.41) is 3.45. The van der Waals surface area contributed by atoms with Crippen LogP contribution < -0.4 is 14.8 Å². The van der Waals surface area contributed by atoms with Gasteiger partial charge < -0.3 is 14.8 Å². The van der Waals surface area contributed by atoms with Gasteiger partial charge in [-0.25, -0.2) is 0 Å². The van der Waals surface area contributed by atoms with Crippen LogP contribution in [0.4, 0.5) is 0 Å². The maximum absolute atomic E-state index is 5.41. The van der Waals surface area contributed by atoms with E-state index in [1.165, 1.54) is 24.3 Å². The van der Waals surface area contributed by atoms with Gasteiger partial charge in [0.05, 0.1) is 14.2 Å². The molecule has 0 saturated carbocycles. The maximum Gasteiger partial charge on any atom is 0.136 e. The summed E-state index contributed by atoms with van der Waals surface area (Å²) in [7, 11) is 3.39. The first-order chi connectivity index (χ1) is 8.83. The molecule has 1 heterocycles. The first-order valence-electron chi connectivity index (χ1n) is 6.39. The Bertz CT molecular complexity index is 378. The summed E-state index contributed by atoms with van der Waals surface area (Å²) in [5.41, 5.74) is 0. The highest BCUT2D eigenvalue weighted by Gasteiger charge is 2.14. The Labute approximate surface area is 113 Å². The fourth-order valence-electron chi connectivity index (χ4n) is 2.17. The molecule has 4 heteroatoms. The van der Waals surface area contributed by atoms with Crippen molar-refractivity contribution >= 4 is 11.8 Å². The second-order valence-electron chi connectivity index (χ2n) is 4.54. The molecule has 100 valence electrons. The molecule has 0 amide bonds. The number of hydrogen-bond donors (Lipinski definition) is 1. The molecule has 0 bridgehead atoms. The minimum atomic E-state index is 0.774. The molecular weight excluding hydrogens is 246 g/mol. The van der Waals surface area contributed by atoms with Crippen molar-refractivity contribution < 1.29 is 9.47 Å². The highest BCUT2D eigenvalue weighted by atomic mass is 32.2. The van der Waals surface area contributed by atoms with Gasteiger partial charge in [-0.15, -0.1) is 11.8 Å². The Morgan fingerprint density at radius 3 is 2.89 bits per heavy atom. The number of rotatable bonds is 5. The number of thioether (sulfide) groups is 1. The molecular formula is C14H21NO2S. The first-order valence-corrected chi connectivity index (χ1v) is 7.37. The highest BCUT2D eigenvalue weighted by Crippen LogP contribution is 2.34. The molecule has 0 aromatic heterocycles. The van der Waals surface area contributed by atoms with Crippen molar-refractivity contribution in [3.05, 3.63) is 18.2 Å². The van der Waals surface area contributed by atoms with Gasteiger partial charge in [0.25, 0.3) is 0 Å². The lowest BCUT2D eigenvalue weighted by Crippen LogP contribution is -2.30. The van der Waals surface area contributed by atoms with Crippen molar-refractivity contribution in [3.63, 3.8) is 0 Å². The normalized spacial score (nSPS) is 19.6. The van der Waals surface area contributed by atoms with Crippen LogP contribution in [0.1, 0.15) is 12.8 Å². The van der Waals surface area contributed by atoms with Crippen LogP contribution >= 0.6 is 11.8 Å². The first kappa shape index (κ1) is 13.6. The summed E-state index contributed by atoms with van der Waals surface area (Å²) in [4.78, 5) is 1.20. The van der Waals surface area contributed by atoms with Gasteiger partial charge >= 0.3 is 0 Å². The monoisotopic (exact) mass is 267 g/mol. The van der Waals surface area contributed by atoms with E-state index >= 15 is 0 Å².